The zero-order valence-electron chi connectivity index (χ0n) is 11.4. The van der Waals surface area contributed by atoms with Gasteiger partial charge in [0.2, 0.25) is 5.91 Å². The number of aromatic amines is 1. The Morgan fingerprint density at radius 3 is 2.57 bits per heavy atom. The zero-order valence-corrected chi connectivity index (χ0v) is 11.4. The number of rotatable bonds is 5. The van der Waals surface area contributed by atoms with Crippen LogP contribution >= 0.6 is 0 Å². The molecule has 1 fully saturated rings. The lowest BCUT2D eigenvalue weighted by Gasteiger charge is -2.27. The largest absolute Gasteiger partial charge is 0.480 e. The Morgan fingerprint density at radius 2 is 1.95 bits per heavy atom. The number of carbonyl (C=O) groups excluding carboxylic acids is 1. The van der Waals surface area contributed by atoms with Crippen molar-refractivity contribution in [3.63, 3.8) is 0 Å². The predicted octanol–water partition coefficient (Wildman–Crippen LogP) is -0.608. The van der Waals surface area contributed by atoms with Crippen molar-refractivity contribution in [2.24, 2.45) is 0 Å². The molecule has 0 atom stereocenters. The monoisotopic (exact) mass is 295 g/mol. The highest BCUT2D eigenvalue weighted by Gasteiger charge is 2.28. The van der Waals surface area contributed by atoms with Crippen LogP contribution in [0.4, 0.5) is 0 Å². The third-order valence-electron chi connectivity index (χ3n) is 3.57. The van der Waals surface area contributed by atoms with Crippen molar-refractivity contribution in [1.82, 2.24) is 14.7 Å². The first-order chi connectivity index (χ1) is 9.97. The van der Waals surface area contributed by atoms with Crippen molar-refractivity contribution < 1.29 is 14.7 Å². The summed E-state index contributed by atoms with van der Waals surface area (Å²) in [6.07, 6.45) is 3.44. The summed E-state index contributed by atoms with van der Waals surface area (Å²) in [4.78, 5) is 47.3. The zero-order chi connectivity index (χ0) is 15.4. The number of hydrogen-bond donors (Lipinski definition) is 2. The molecule has 0 aliphatic heterocycles. The van der Waals surface area contributed by atoms with Crippen LogP contribution in [-0.2, 0) is 16.1 Å². The normalized spacial score (nSPS) is 15.0. The fourth-order valence-corrected chi connectivity index (χ4v) is 2.59. The van der Waals surface area contributed by atoms with Crippen molar-refractivity contribution in [1.29, 1.82) is 0 Å². The van der Waals surface area contributed by atoms with Crippen molar-refractivity contribution in [3.05, 3.63) is 32.8 Å². The average molecular weight is 295 g/mol. The summed E-state index contributed by atoms with van der Waals surface area (Å²) in [6, 6.07) is 2.04. The molecule has 8 nitrogen and oxygen atoms in total. The number of carbonyl (C=O) groups is 2. The minimum absolute atomic E-state index is 0.111. The number of carboxylic acids is 1. The van der Waals surface area contributed by atoms with E-state index >= 15 is 0 Å². The molecule has 1 aromatic rings. The molecule has 1 aliphatic rings. The Hall–Kier alpha value is -2.38. The van der Waals surface area contributed by atoms with Gasteiger partial charge < -0.3 is 10.0 Å². The molecule has 8 heteroatoms. The smallest absolute Gasteiger partial charge is 0.323 e. The number of nitrogens with one attached hydrogen (secondary N) is 1. The van der Waals surface area contributed by atoms with E-state index in [9.17, 15) is 19.2 Å². The molecule has 1 amide bonds. The summed E-state index contributed by atoms with van der Waals surface area (Å²) >= 11 is 0. The molecule has 0 radical (unpaired) electrons. The lowest BCUT2D eigenvalue weighted by molar-refractivity contribution is -0.146. The van der Waals surface area contributed by atoms with Gasteiger partial charge in [0.05, 0.1) is 0 Å². The molecule has 21 heavy (non-hydrogen) atoms. The van der Waals surface area contributed by atoms with E-state index in [1.165, 1.54) is 4.90 Å². The van der Waals surface area contributed by atoms with Crippen molar-refractivity contribution in [2.75, 3.05) is 6.54 Å². The molecule has 0 saturated heterocycles. The maximum atomic E-state index is 12.3. The summed E-state index contributed by atoms with van der Waals surface area (Å²) < 4.78 is 0.897. The standard InChI is InChI=1S/C13H17N3O5/c17-10-5-6-11(18)16(14-10)7-12(19)15(8-13(20)21)9-3-1-2-4-9/h5-6,9H,1-4,7-8H2,(H,14,17)(H,20,21). The van der Waals surface area contributed by atoms with Crippen LogP contribution in [0, 0.1) is 0 Å². The number of aromatic nitrogens is 2. The Balaban J connectivity index is 2.17. The van der Waals surface area contributed by atoms with Gasteiger partial charge in [0.25, 0.3) is 11.1 Å². The lowest BCUT2D eigenvalue weighted by Crippen LogP contribution is -2.45. The molecule has 1 saturated carbocycles. The first kappa shape index (κ1) is 15.0. The lowest BCUT2D eigenvalue weighted by atomic mass is 10.2. The van der Waals surface area contributed by atoms with E-state index in [0.29, 0.717) is 0 Å². The highest BCUT2D eigenvalue weighted by atomic mass is 16.4. The fraction of sp³-hybridized carbons (Fsp3) is 0.538. The molecule has 0 bridgehead atoms. The van der Waals surface area contributed by atoms with Crippen LogP contribution in [0.3, 0.4) is 0 Å². The van der Waals surface area contributed by atoms with Crippen LogP contribution in [0.25, 0.3) is 0 Å². The van der Waals surface area contributed by atoms with E-state index in [1.807, 2.05) is 0 Å². The van der Waals surface area contributed by atoms with E-state index in [4.69, 9.17) is 5.11 Å². The molecule has 114 valence electrons. The van der Waals surface area contributed by atoms with Gasteiger partial charge in [-0.05, 0) is 12.8 Å². The summed E-state index contributed by atoms with van der Waals surface area (Å²) in [5.74, 6) is -1.57. The number of hydrogen-bond acceptors (Lipinski definition) is 4. The van der Waals surface area contributed by atoms with Crippen molar-refractivity contribution in [2.45, 2.75) is 38.3 Å². The Morgan fingerprint density at radius 1 is 1.29 bits per heavy atom. The van der Waals surface area contributed by atoms with Gasteiger partial charge in [0.1, 0.15) is 13.1 Å². The fourth-order valence-electron chi connectivity index (χ4n) is 2.59. The van der Waals surface area contributed by atoms with Crippen LogP contribution in [-0.4, -0.2) is 44.3 Å². The topological polar surface area (TPSA) is 112 Å². The second kappa shape index (κ2) is 6.38. The van der Waals surface area contributed by atoms with E-state index in [-0.39, 0.29) is 12.6 Å². The van der Waals surface area contributed by atoms with E-state index in [1.54, 1.807) is 0 Å². The third kappa shape index (κ3) is 3.80. The molecule has 0 spiro atoms. The van der Waals surface area contributed by atoms with Crippen LogP contribution in [0.1, 0.15) is 25.7 Å². The average Bonchev–Trinajstić information content (AvgIpc) is 2.93. The Kier molecular flexibility index (Phi) is 4.56. The third-order valence-corrected chi connectivity index (χ3v) is 3.57. The molecule has 2 rings (SSSR count). The summed E-state index contributed by atoms with van der Waals surface area (Å²) in [5.41, 5.74) is -1.00. The van der Waals surface area contributed by atoms with Gasteiger partial charge in [-0.3, -0.25) is 24.3 Å². The first-order valence-corrected chi connectivity index (χ1v) is 6.79. The van der Waals surface area contributed by atoms with Crippen LogP contribution in [0.15, 0.2) is 21.7 Å². The number of carboxylic acid groups (broad SMARTS) is 1. The first-order valence-electron chi connectivity index (χ1n) is 6.79. The summed E-state index contributed by atoms with van der Waals surface area (Å²) in [7, 11) is 0. The molecular formula is C13H17N3O5. The van der Waals surface area contributed by atoms with Crippen molar-refractivity contribution in [3.8, 4) is 0 Å². The second-order valence-corrected chi connectivity index (χ2v) is 5.09. The van der Waals surface area contributed by atoms with Gasteiger partial charge >= 0.3 is 5.97 Å². The molecule has 0 aromatic carbocycles. The summed E-state index contributed by atoms with van der Waals surface area (Å²) in [6.45, 7) is -0.756. The number of nitrogens with zero attached hydrogens (tertiary/aromatic N) is 2. The van der Waals surface area contributed by atoms with E-state index in [0.717, 1.165) is 42.5 Å². The quantitative estimate of drug-likeness (QED) is 0.752. The minimum atomic E-state index is -1.09. The van der Waals surface area contributed by atoms with Gasteiger partial charge in [-0.1, -0.05) is 12.8 Å². The Labute approximate surface area is 120 Å². The molecule has 1 aliphatic carbocycles. The van der Waals surface area contributed by atoms with Crippen LogP contribution in [0.5, 0.6) is 0 Å². The van der Waals surface area contributed by atoms with Gasteiger partial charge in [0.15, 0.2) is 0 Å². The van der Waals surface area contributed by atoms with Gasteiger partial charge in [-0.2, -0.15) is 0 Å². The Bertz CT molecular complexity index is 642. The molecule has 2 N–H and O–H groups in total. The summed E-state index contributed by atoms with van der Waals surface area (Å²) in [5, 5.41) is 11.2. The number of amides is 1. The van der Waals surface area contributed by atoms with Crippen molar-refractivity contribution >= 4 is 11.9 Å². The molecule has 0 unspecified atom stereocenters. The molecule has 1 aromatic heterocycles. The number of H-pyrrole nitrogens is 1. The predicted molar refractivity (Wildman–Crippen MR) is 72.9 cm³/mol. The highest BCUT2D eigenvalue weighted by molar-refractivity contribution is 5.81. The van der Waals surface area contributed by atoms with Gasteiger partial charge in [0, 0.05) is 18.2 Å². The SMILES string of the molecule is O=C(O)CN(C(=O)Cn1[nH]c(=O)ccc1=O)C1CCCC1. The maximum absolute atomic E-state index is 12.3. The van der Waals surface area contributed by atoms with Crippen LogP contribution in [0.2, 0.25) is 0 Å². The minimum Gasteiger partial charge on any atom is -0.480 e. The second-order valence-electron chi connectivity index (χ2n) is 5.09. The molecular weight excluding hydrogens is 278 g/mol. The maximum Gasteiger partial charge on any atom is 0.323 e. The number of aliphatic carboxylic acids is 1. The van der Waals surface area contributed by atoms with Crippen LogP contribution < -0.4 is 11.1 Å². The highest BCUT2D eigenvalue weighted by Crippen LogP contribution is 2.23. The molecule has 1 heterocycles. The van der Waals surface area contributed by atoms with E-state index in [2.05, 4.69) is 5.10 Å². The van der Waals surface area contributed by atoms with Gasteiger partial charge in [-0.25, -0.2) is 4.68 Å². The van der Waals surface area contributed by atoms with E-state index < -0.39 is 29.5 Å². The van der Waals surface area contributed by atoms with Gasteiger partial charge in [-0.15, -0.1) is 0 Å².